The monoisotopic (exact) mass is 451 g/mol. The molecule has 3 aromatic rings. The minimum atomic E-state index is -1.17. The average molecular weight is 452 g/mol. The minimum Gasteiger partial charge on any atom is -0.460 e. The molecule has 1 atom stereocenters. The summed E-state index contributed by atoms with van der Waals surface area (Å²) in [4.78, 5) is 29.0. The maximum atomic E-state index is 14.5. The van der Waals surface area contributed by atoms with Gasteiger partial charge in [0.15, 0.2) is 5.58 Å². The van der Waals surface area contributed by atoms with Crippen molar-refractivity contribution in [2.75, 3.05) is 0 Å². The van der Waals surface area contributed by atoms with Crippen molar-refractivity contribution in [2.24, 2.45) is 0 Å². The van der Waals surface area contributed by atoms with Crippen LogP contribution < -0.4 is 5.32 Å². The highest BCUT2D eigenvalue weighted by atomic mass is 19.1. The van der Waals surface area contributed by atoms with Crippen molar-refractivity contribution >= 4 is 22.9 Å². The number of aromatic nitrogens is 1. The molecule has 2 aromatic heterocycles. The van der Waals surface area contributed by atoms with Crippen LogP contribution in [0.5, 0.6) is 0 Å². The van der Waals surface area contributed by atoms with Gasteiger partial charge in [0, 0.05) is 23.7 Å². The molecule has 2 aliphatic rings. The molecule has 1 fully saturated rings. The van der Waals surface area contributed by atoms with Crippen LogP contribution in [0.15, 0.2) is 40.8 Å². The molecule has 6 nitrogen and oxygen atoms in total. The zero-order valence-corrected chi connectivity index (χ0v) is 19.2. The number of aryl methyl sites for hydroxylation is 1. The first-order chi connectivity index (χ1) is 15.9. The van der Waals surface area contributed by atoms with E-state index in [4.69, 9.17) is 4.42 Å². The molecule has 5 rings (SSSR count). The smallest absolute Gasteiger partial charge is 0.271 e. The first kappa shape index (κ1) is 21.7. The minimum absolute atomic E-state index is 0.0195. The Labute approximate surface area is 192 Å². The third-order valence-corrected chi connectivity index (χ3v) is 7.20. The van der Waals surface area contributed by atoms with Crippen LogP contribution in [0, 0.1) is 12.7 Å². The quantitative estimate of drug-likeness (QED) is 0.572. The van der Waals surface area contributed by atoms with Crippen molar-refractivity contribution in [1.82, 2.24) is 14.8 Å². The highest BCUT2D eigenvalue weighted by Crippen LogP contribution is 2.35. The van der Waals surface area contributed by atoms with E-state index in [0.717, 1.165) is 37.0 Å². The van der Waals surface area contributed by atoms with Crippen LogP contribution in [0.3, 0.4) is 0 Å². The van der Waals surface area contributed by atoms with Crippen LogP contribution in [-0.4, -0.2) is 32.9 Å². The summed E-state index contributed by atoms with van der Waals surface area (Å²) in [5.74, 6) is -0.123. The third kappa shape index (κ3) is 3.83. The van der Waals surface area contributed by atoms with Crippen molar-refractivity contribution in [3.05, 3.63) is 59.2 Å². The number of hydrogen-bond donors (Lipinski definition) is 1. The second-order valence-electron chi connectivity index (χ2n) is 9.64. The van der Waals surface area contributed by atoms with Gasteiger partial charge in [-0.05, 0) is 32.8 Å². The number of fused-ring (bicyclic) bond motifs is 3. The summed E-state index contributed by atoms with van der Waals surface area (Å²) in [6.07, 6.45) is 6.45. The van der Waals surface area contributed by atoms with Crippen molar-refractivity contribution in [1.29, 1.82) is 0 Å². The molecule has 2 amide bonds. The van der Waals surface area contributed by atoms with Gasteiger partial charge in [-0.3, -0.25) is 9.59 Å². The fourth-order valence-electron chi connectivity index (χ4n) is 5.27. The zero-order chi connectivity index (χ0) is 23.2. The molecule has 1 unspecified atom stereocenters. The lowest BCUT2D eigenvalue weighted by Crippen LogP contribution is -2.64. The zero-order valence-electron chi connectivity index (χ0n) is 19.2. The van der Waals surface area contributed by atoms with Gasteiger partial charge < -0.3 is 19.2 Å². The van der Waals surface area contributed by atoms with E-state index in [1.54, 1.807) is 31.2 Å². The second kappa shape index (κ2) is 8.36. The lowest BCUT2D eigenvalue weighted by Gasteiger charge is -2.44. The molecular weight excluding hydrogens is 421 g/mol. The van der Waals surface area contributed by atoms with Crippen LogP contribution >= 0.6 is 0 Å². The highest BCUT2D eigenvalue weighted by Gasteiger charge is 2.48. The van der Waals surface area contributed by atoms with Crippen molar-refractivity contribution in [2.45, 2.75) is 77.0 Å². The van der Waals surface area contributed by atoms with E-state index in [-0.39, 0.29) is 36.8 Å². The molecule has 3 heterocycles. The maximum Gasteiger partial charge on any atom is 0.271 e. The molecule has 1 aromatic carbocycles. The summed E-state index contributed by atoms with van der Waals surface area (Å²) < 4.78 is 22.2. The molecule has 33 heavy (non-hydrogen) atoms. The summed E-state index contributed by atoms with van der Waals surface area (Å²) in [6, 6.07) is 10.1. The molecule has 1 N–H and O–H groups in total. The van der Waals surface area contributed by atoms with E-state index >= 15 is 0 Å². The number of carbonyl (C=O) groups is 2. The number of furan rings is 1. The van der Waals surface area contributed by atoms with Crippen LogP contribution in [0.1, 0.15) is 67.3 Å². The second-order valence-corrected chi connectivity index (χ2v) is 9.64. The normalized spacial score (nSPS) is 21.8. The van der Waals surface area contributed by atoms with E-state index in [1.165, 1.54) is 23.8 Å². The number of nitrogens with one attached hydrogen (secondary N) is 1. The largest absolute Gasteiger partial charge is 0.460 e. The van der Waals surface area contributed by atoms with Crippen LogP contribution in [0.25, 0.3) is 11.1 Å². The predicted molar refractivity (Wildman–Crippen MR) is 123 cm³/mol. The Bertz CT molecular complexity index is 1200. The van der Waals surface area contributed by atoms with Gasteiger partial charge in [-0.2, -0.15) is 0 Å². The molecule has 0 bridgehead atoms. The van der Waals surface area contributed by atoms with Gasteiger partial charge in [0.1, 0.15) is 22.8 Å². The first-order valence-corrected chi connectivity index (χ1v) is 11.8. The third-order valence-electron chi connectivity index (χ3n) is 7.20. The van der Waals surface area contributed by atoms with Gasteiger partial charge >= 0.3 is 0 Å². The number of halogens is 1. The molecule has 7 heteroatoms. The number of nitrogens with zero attached hydrogens (tertiary/aromatic N) is 2. The Morgan fingerprint density at radius 2 is 1.91 bits per heavy atom. The van der Waals surface area contributed by atoms with E-state index in [0.29, 0.717) is 16.8 Å². The summed E-state index contributed by atoms with van der Waals surface area (Å²) in [7, 11) is 0. The van der Waals surface area contributed by atoms with Crippen LogP contribution in [0.4, 0.5) is 4.39 Å². The molecule has 1 saturated carbocycles. The Morgan fingerprint density at radius 3 is 2.64 bits per heavy atom. The van der Waals surface area contributed by atoms with E-state index in [2.05, 4.69) is 5.32 Å². The van der Waals surface area contributed by atoms with Crippen molar-refractivity contribution in [3.8, 4) is 0 Å². The Morgan fingerprint density at radius 1 is 1.18 bits per heavy atom. The summed E-state index contributed by atoms with van der Waals surface area (Å²) in [6.45, 7) is 3.95. The standard InChI is InChI=1S/C26H30FN3O3/c1-17-13-21-23(33-17)14-22-24(31)30(15-18-9-7-8-12-20(18)27)26(2,16-29(21)22)25(32)28-19-10-5-3-4-6-11-19/h7-9,12-14,19H,3-6,10-11,15-16H2,1-2H3,(H,28,32). The van der Waals surface area contributed by atoms with Gasteiger partial charge in [-0.1, -0.05) is 43.9 Å². The lowest BCUT2D eigenvalue weighted by molar-refractivity contribution is -0.134. The lowest BCUT2D eigenvalue weighted by atomic mass is 9.93. The highest BCUT2D eigenvalue weighted by molar-refractivity contribution is 6.03. The number of hydrogen-bond acceptors (Lipinski definition) is 3. The molecule has 0 saturated heterocycles. The maximum absolute atomic E-state index is 14.5. The van der Waals surface area contributed by atoms with Crippen molar-refractivity contribution in [3.63, 3.8) is 0 Å². The Kier molecular flexibility index (Phi) is 5.51. The molecule has 0 spiro atoms. The molecule has 1 aliphatic carbocycles. The van der Waals surface area contributed by atoms with Gasteiger partial charge in [0.05, 0.1) is 18.6 Å². The van der Waals surface area contributed by atoms with Gasteiger partial charge in [-0.25, -0.2) is 4.39 Å². The number of amides is 2. The summed E-state index contributed by atoms with van der Waals surface area (Å²) in [5, 5.41) is 3.23. The van der Waals surface area contributed by atoms with Gasteiger partial charge in [-0.15, -0.1) is 0 Å². The molecule has 174 valence electrons. The fourth-order valence-corrected chi connectivity index (χ4v) is 5.27. The SMILES string of the molecule is Cc1cc2c(cc3n2CC(C)(C(=O)NC2CCCCCC2)N(Cc2ccccc2F)C3=O)o1. The summed E-state index contributed by atoms with van der Waals surface area (Å²) in [5.41, 5.74) is 1.10. The average Bonchev–Trinajstić information content (AvgIpc) is 3.17. The number of rotatable bonds is 4. The van der Waals surface area contributed by atoms with Crippen molar-refractivity contribution < 1.29 is 18.4 Å². The number of benzene rings is 1. The molecular formula is C26H30FN3O3. The van der Waals surface area contributed by atoms with Gasteiger partial charge in [0.2, 0.25) is 5.91 Å². The van der Waals surface area contributed by atoms with Crippen LogP contribution in [0.2, 0.25) is 0 Å². The fraction of sp³-hybridized carbons (Fsp3) is 0.462. The number of carbonyl (C=O) groups excluding carboxylic acids is 2. The topological polar surface area (TPSA) is 67.5 Å². The Balaban J connectivity index is 1.54. The predicted octanol–water partition coefficient (Wildman–Crippen LogP) is 4.94. The molecule has 1 aliphatic heterocycles. The van der Waals surface area contributed by atoms with Crippen LogP contribution in [-0.2, 0) is 17.9 Å². The first-order valence-electron chi connectivity index (χ1n) is 11.8. The summed E-state index contributed by atoms with van der Waals surface area (Å²) >= 11 is 0. The Hall–Kier alpha value is -3.09. The van der Waals surface area contributed by atoms with E-state index in [1.807, 2.05) is 17.6 Å². The van der Waals surface area contributed by atoms with Gasteiger partial charge in [0.25, 0.3) is 5.91 Å². The van der Waals surface area contributed by atoms with E-state index in [9.17, 15) is 14.0 Å². The van der Waals surface area contributed by atoms with E-state index < -0.39 is 5.54 Å². The molecule has 0 radical (unpaired) electrons.